The zero-order valence-corrected chi connectivity index (χ0v) is 24.9. The summed E-state index contributed by atoms with van der Waals surface area (Å²) < 4.78 is 33.0. The molecule has 0 spiro atoms. The highest BCUT2D eigenvalue weighted by Crippen LogP contribution is 2.32. The smallest absolute Gasteiger partial charge is 0.407 e. The van der Waals surface area contributed by atoms with Crippen molar-refractivity contribution in [1.82, 2.24) is 14.9 Å². The summed E-state index contributed by atoms with van der Waals surface area (Å²) in [4.78, 5) is 37.0. The van der Waals surface area contributed by atoms with Gasteiger partial charge in [0.15, 0.2) is 0 Å². The third kappa shape index (κ3) is 8.33. The van der Waals surface area contributed by atoms with E-state index in [2.05, 4.69) is 10.6 Å². The van der Waals surface area contributed by atoms with Crippen molar-refractivity contribution in [2.24, 2.45) is 5.92 Å². The van der Waals surface area contributed by atoms with Crippen LogP contribution in [-0.2, 0) is 37.3 Å². The fourth-order valence-electron chi connectivity index (χ4n) is 4.36. The van der Waals surface area contributed by atoms with E-state index < -0.39 is 45.7 Å². The van der Waals surface area contributed by atoms with Gasteiger partial charge in [0.1, 0.15) is 17.7 Å². The number of ether oxygens (including phenoxy) is 1. The average Bonchev–Trinajstić information content (AvgIpc) is 3.23. The summed E-state index contributed by atoms with van der Waals surface area (Å²) in [5.41, 5.74) is 0.781. The molecule has 1 fully saturated rings. The van der Waals surface area contributed by atoms with Crippen LogP contribution in [0.1, 0.15) is 45.2 Å². The van der Waals surface area contributed by atoms with Gasteiger partial charge in [-0.25, -0.2) is 18.0 Å². The SMILES string of the molecule is C[C@@H]1CCN(S(=O)(=O)c2cc(Cl)cc(Cl)c2)C1C(=O)NC(Cc1ccc(CNC(=O)OC(C)(C)C)cc1)C(=O)O. The quantitative estimate of drug-likeness (QED) is 0.384. The molecule has 0 radical (unpaired) electrons. The molecule has 1 aliphatic heterocycles. The zero-order valence-electron chi connectivity index (χ0n) is 22.6. The lowest BCUT2D eigenvalue weighted by molar-refractivity contribution is -0.142. The maximum atomic E-state index is 13.4. The van der Waals surface area contributed by atoms with Gasteiger partial charge in [-0.15, -0.1) is 0 Å². The van der Waals surface area contributed by atoms with Crippen LogP contribution in [-0.4, -0.2) is 60.0 Å². The van der Waals surface area contributed by atoms with Crippen LogP contribution in [0.15, 0.2) is 47.4 Å². The normalized spacial score (nSPS) is 18.6. The fraction of sp³-hybridized carbons (Fsp3) is 0.444. The molecule has 10 nitrogen and oxygen atoms in total. The number of carbonyl (C=O) groups excluding carboxylic acids is 2. The number of rotatable bonds is 9. The van der Waals surface area contributed by atoms with Gasteiger partial charge in [-0.3, -0.25) is 4.79 Å². The van der Waals surface area contributed by atoms with E-state index >= 15 is 0 Å². The highest BCUT2D eigenvalue weighted by atomic mass is 35.5. The molecule has 13 heteroatoms. The number of hydrogen-bond donors (Lipinski definition) is 3. The van der Waals surface area contributed by atoms with Gasteiger partial charge in [-0.05, 0) is 62.4 Å². The van der Waals surface area contributed by atoms with E-state index in [1.165, 1.54) is 18.2 Å². The van der Waals surface area contributed by atoms with Crippen LogP contribution < -0.4 is 10.6 Å². The first-order valence-corrected chi connectivity index (χ1v) is 14.8. The predicted molar refractivity (Wildman–Crippen MR) is 151 cm³/mol. The lowest BCUT2D eigenvalue weighted by Gasteiger charge is -2.27. The minimum absolute atomic E-state index is 0.0292. The Morgan fingerprint density at radius 1 is 1.07 bits per heavy atom. The molecule has 2 unspecified atom stereocenters. The van der Waals surface area contributed by atoms with E-state index in [0.717, 1.165) is 9.87 Å². The van der Waals surface area contributed by atoms with Crippen LogP contribution in [0.25, 0.3) is 0 Å². The summed E-state index contributed by atoms with van der Waals surface area (Å²) in [5, 5.41) is 15.3. The Morgan fingerprint density at radius 3 is 2.20 bits per heavy atom. The Hall–Kier alpha value is -2.86. The molecule has 218 valence electrons. The van der Waals surface area contributed by atoms with E-state index in [-0.39, 0.29) is 40.4 Å². The number of carbonyl (C=O) groups is 3. The van der Waals surface area contributed by atoms with Crippen LogP contribution in [0.2, 0.25) is 10.0 Å². The Balaban J connectivity index is 1.69. The third-order valence-corrected chi connectivity index (χ3v) is 8.57. The Morgan fingerprint density at radius 2 is 1.65 bits per heavy atom. The highest BCUT2D eigenvalue weighted by Gasteiger charge is 2.44. The first-order chi connectivity index (χ1) is 18.6. The van der Waals surface area contributed by atoms with Crippen LogP contribution in [0.5, 0.6) is 0 Å². The van der Waals surface area contributed by atoms with Crippen molar-refractivity contribution in [2.75, 3.05) is 6.54 Å². The fourth-order valence-corrected chi connectivity index (χ4v) is 6.78. The molecule has 0 aromatic heterocycles. The van der Waals surface area contributed by atoms with E-state index in [1.807, 2.05) is 0 Å². The van der Waals surface area contributed by atoms with E-state index in [4.69, 9.17) is 27.9 Å². The molecule has 2 aromatic rings. The summed E-state index contributed by atoms with van der Waals surface area (Å²) in [6.07, 6.45) is -0.165. The number of alkyl carbamates (subject to hydrolysis) is 1. The summed E-state index contributed by atoms with van der Waals surface area (Å²) in [6, 6.07) is 8.38. The number of sulfonamides is 1. The molecule has 0 aliphatic carbocycles. The molecular formula is C27H33Cl2N3O7S. The van der Waals surface area contributed by atoms with Crippen LogP contribution in [0.4, 0.5) is 4.79 Å². The minimum Gasteiger partial charge on any atom is -0.480 e. The summed E-state index contributed by atoms with van der Waals surface area (Å²) in [6.45, 7) is 7.33. The second-order valence-electron chi connectivity index (χ2n) is 10.7. The molecule has 2 amide bonds. The summed E-state index contributed by atoms with van der Waals surface area (Å²) >= 11 is 12.0. The third-order valence-electron chi connectivity index (χ3n) is 6.28. The van der Waals surface area contributed by atoms with Crippen molar-refractivity contribution in [3.63, 3.8) is 0 Å². The van der Waals surface area contributed by atoms with Gasteiger partial charge < -0.3 is 20.5 Å². The van der Waals surface area contributed by atoms with Crippen molar-refractivity contribution in [3.8, 4) is 0 Å². The minimum atomic E-state index is -4.14. The largest absolute Gasteiger partial charge is 0.480 e. The topological polar surface area (TPSA) is 142 Å². The van der Waals surface area contributed by atoms with Crippen LogP contribution in [0.3, 0.4) is 0 Å². The van der Waals surface area contributed by atoms with Crippen molar-refractivity contribution in [2.45, 2.75) is 69.7 Å². The molecule has 3 atom stereocenters. The number of amides is 2. The highest BCUT2D eigenvalue weighted by molar-refractivity contribution is 7.89. The Bertz CT molecular complexity index is 1340. The van der Waals surface area contributed by atoms with Gasteiger partial charge in [0.25, 0.3) is 0 Å². The molecule has 1 heterocycles. The molecule has 0 bridgehead atoms. The lowest BCUT2D eigenvalue weighted by atomic mass is 10.0. The monoisotopic (exact) mass is 613 g/mol. The predicted octanol–water partition coefficient (Wildman–Crippen LogP) is 4.23. The van der Waals surface area contributed by atoms with Crippen LogP contribution in [0, 0.1) is 5.92 Å². The van der Waals surface area contributed by atoms with Crippen LogP contribution >= 0.6 is 23.2 Å². The number of hydrogen-bond acceptors (Lipinski definition) is 6. The van der Waals surface area contributed by atoms with Gasteiger partial charge in [0.2, 0.25) is 15.9 Å². The maximum Gasteiger partial charge on any atom is 0.407 e. The molecule has 0 saturated carbocycles. The zero-order chi connectivity index (χ0) is 29.8. The molecular weight excluding hydrogens is 581 g/mol. The molecule has 3 rings (SSSR count). The van der Waals surface area contributed by atoms with Crippen molar-refractivity contribution < 1.29 is 32.6 Å². The number of nitrogens with zero attached hydrogens (tertiary/aromatic N) is 1. The molecule has 40 heavy (non-hydrogen) atoms. The first-order valence-electron chi connectivity index (χ1n) is 12.6. The number of benzene rings is 2. The number of nitrogens with one attached hydrogen (secondary N) is 2. The number of carboxylic acids is 1. The molecule has 2 aromatic carbocycles. The lowest BCUT2D eigenvalue weighted by Crippen LogP contribution is -2.53. The second kappa shape index (κ2) is 12.8. The first kappa shape index (κ1) is 31.7. The average molecular weight is 615 g/mol. The number of halogens is 2. The Kier molecular flexibility index (Phi) is 10.1. The van der Waals surface area contributed by atoms with Gasteiger partial charge in [0.05, 0.1) is 4.90 Å². The van der Waals surface area contributed by atoms with Gasteiger partial charge >= 0.3 is 12.1 Å². The van der Waals surface area contributed by atoms with Gasteiger partial charge in [-0.1, -0.05) is 54.4 Å². The van der Waals surface area contributed by atoms with Crippen molar-refractivity contribution in [3.05, 3.63) is 63.6 Å². The van der Waals surface area contributed by atoms with Gasteiger partial charge in [0, 0.05) is 29.6 Å². The number of carboxylic acid groups (broad SMARTS) is 1. The van der Waals surface area contributed by atoms with Gasteiger partial charge in [-0.2, -0.15) is 4.31 Å². The van der Waals surface area contributed by atoms with E-state index in [0.29, 0.717) is 12.0 Å². The molecule has 1 saturated heterocycles. The van der Waals surface area contributed by atoms with Crippen molar-refractivity contribution >= 4 is 51.2 Å². The standard InChI is InChI=1S/C27H33Cl2N3O7S/c1-16-9-10-32(40(37,38)21-13-19(28)12-20(29)14-21)23(16)24(33)31-22(25(34)35)11-17-5-7-18(8-6-17)15-30-26(36)39-27(2,3)4/h5-8,12-14,16,22-23H,9-11,15H2,1-4H3,(H,30,36)(H,31,33)(H,34,35)/t16-,22?,23?/m1/s1. The summed E-state index contributed by atoms with van der Waals surface area (Å²) in [5.74, 6) is -2.31. The second-order valence-corrected chi connectivity index (χ2v) is 13.5. The summed E-state index contributed by atoms with van der Waals surface area (Å²) in [7, 11) is -4.14. The van der Waals surface area contributed by atoms with Crippen molar-refractivity contribution in [1.29, 1.82) is 0 Å². The molecule has 1 aliphatic rings. The number of aliphatic carboxylic acids is 1. The van der Waals surface area contributed by atoms with E-state index in [1.54, 1.807) is 52.0 Å². The molecule has 3 N–H and O–H groups in total. The van der Waals surface area contributed by atoms with E-state index in [9.17, 15) is 27.9 Å². The maximum absolute atomic E-state index is 13.4. The Labute approximate surface area is 244 Å².